The van der Waals surface area contributed by atoms with E-state index in [1.807, 2.05) is 9.80 Å². The quantitative estimate of drug-likeness (QED) is 0.870. The van der Waals surface area contributed by atoms with E-state index in [1.165, 1.54) is 32.1 Å². The second kappa shape index (κ2) is 7.34. The van der Waals surface area contributed by atoms with Crippen LogP contribution >= 0.6 is 0 Å². The van der Waals surface area contributed by atoms with Crippen LogP contribution in [-0.2, 0) is 4.79 Å². The van der Waals surface area contributed by atoms with E-state index in [-0.39, 0.29) is 18.5 Å². The van der Waals surface area contributed by atoms with Gasteiger partial charge < -0.3 is 15.1 Å². The Kier molecular flexibility index (Phi) is 5.21. The Morgan fingerprint density at radius 1 is 0.864 bits per heavy atom. The molecule has 0 aromatic carbocycles. The fourth-order valence-electron chi connectivity index (χ4n) is 4.38. The number of urea groups is 1. The zero-order valence-electron chi connectivity index (χ0n) is 13.6. The van der Waals surface area contributed by atoms with Crippen LogP contribution in [0, 0.1) is 5.92 Å². The highest BCUT2D eigenvalue weighted by Gasteiger charge is 2.36. The Morgan fingerprint density at radius 2 is 1.59 bits per heavy atom. The third-order valence-corrected chi connectivity index (χ3v) is 5.60. The van der Waals surface area contributed by atoms with Crippen LogP contribution in [0.1, 0.15) is 57.8 Å². The number of likely N-dealkylation sites (tertiary alicyclic amines) is 2. The van der Waals surface area contributed by atoms with Crippen LogP contribution in [-0.4, -0.2) is 54.0 Å². The van der Waals surface area contributed by atoms with Gasteiger partial charge >= 0.3 is 6.03 Å². The van der Waals surface area contributed by atoms with E-state index in [2.05, 4.69) is 5.32 Å². The summed E-state index contributed by atoms with van der Waals surface area (Å²) in [4.78, 5) is 28.5. The number of carbonyl (C=O) groups excluding carboxylic acids is 2. The monoisotopic (exact) mass is 307 g/mol. The van der Waals surface area contributed by atoms with Gasteiger partial charge in [0.15, 0.2) is 0 Å². The molecule has 2 aliphatic heterocycles. The van der Waals surface area contributed by atoms with Crippen molar-refractivity contribution < 1.29 is 9.59 Å². The molecule has 1 unspecified atom stereocenters. The van der Waals surface area contributed by atoms with Gasteiger partial charge in [0.25, 0.3) is 0 Å². The van der Waals surface area contributed by atoms with Crippen LogP contribution in [0.3, 0.4) is 0 Å². The van der Waals surface area contributed by atoms with Crippen molar-refractivity contribution in [2.24, 2.45) is 5.92 Å². The molecular formula is C17H29N3O2. The Morgan fingerprint density at radius 3 is 2.32 bits per heavy atom. The summed E-state index contributed by atoms with van der Waals surface area (Å²) in [6.07, 6.45) is 10.8. The molecule has 1 aliphatic carbocycles. The van der Waals surface area contributed by atoms with Gasteiger partial charge in [-0.3, -0.25) is 4.79 Å². The molecule has 0 radical (unpaired) electrons. The van der Waals surface area contributed by atoms with E-state index in [1.54, 1.807) is 0 Å². The van der Waals surface area contributed by atoms with Crippen LogP contribution in [0.2, 0.25) is 0 Å². The lowest BCUT2D eigenvalue weighted by atomic mass is 9.96. The first kappa shape index (κ1) is 15.6. The third kappa shape index (κ3) is 3.55. The van der Waals surface area contributed by atoms with Crippen molar-refractivity contribution in [3.63, 3.8) is 0 Å². The van der Waals surface area contributed by atoms with Crippen molar-refractivity contribution in [3.05, 3.63) is 0 Å². The molecule has 1 atom stereocenters. The van der Waals surface area contributed by atoms with Gasteiger partial charge in [-0.15, -0.1) is 0 Å². The predicted molar refractivity (Wildman–Crippen MR) is 85.5 cm³/mol. The SMILES string of the molecule is O=C(CNC(=O)N1CCCC1C1CCCC1)N1CCCCC1. The van der Waals surface area contributed by atoms with Crippen LogP contribution in [0.4, 0.5) is 4.79 Å². The van der Waals surface area contributed by atoms with Crippen LogP contribution < -0.4 is 5.32 Å². The van der Waals surface area contributed by atoms with Crippen molar-refractivity contribution in [2.45, 2.75) is 63.8 Å². The molecule has 2 heterocycles. The molecule has 1 N–H and O–H groups in total. The number of nitrogens with one attached hydrogen (secondary N) is 1. The minimum atomic E-state index is -0.0280. The molecule has 0 spiro atoms. The molecule has 0 bridgehead atoms. The Labute approximate surface area is 133 Å². The molecule has 3 rings (SSSR count). The summed E-state index contributed by atoms with van der Waals surface area (Å²) >= 11 is 0. The normalized spacial score (nSPS) is 26.5. The first-order valence-electron chi connectivity index (χ1n) is 9.08. The summed E-state index contributed by atoms with van der Waals surface area (Å²) < 4.78 is 0. The van der Waals surface area contributed by atoms with Crippen molar-refractivity contribution >= 4 is 11.9 Å². The van der Waals surface area contributed by atoms with Crippen LogP contribution in [0.15, 0.2) is 0 Å². The Bertz CT molecular complexity index is 401. The van der Waals surface area contributed by atoms with Crippen LogP contribution in [0.25, 0.3) is 0 Å². The van der Waals surface area contributed by atoms with E-state index in [0.717, 1.165) is 45.3 Å². The van der Waals surface area contributed by atoms with E-state index in [4.69, 9.17) is 0 Å². The number of hydrogen-bond acceptors (Lipinski definition) is 2. The number of carbonyl (C=O) groups is 2. The third-order valence-electron chi connectivity index (χ3n) is 5.60. The Hall–Kier alpha value is -1.26. The van der Waals surface area contributed by atoms with Gasteiger partial charge in [-0.1, -0.05) is 12.8 Å². The summed E-state index contributed by atoms with van der Waals surface area (Å²) in [6.45, 7) is 2.71. The van der Waals surface area contributed by atoms with Gasteiger partial charge in [0.2, 0.25) is 5.91 Å². The molecule has 124 valence electrons. The predicted octanol–water partition coefficient (Wildman–Crippen LogP) is 2.36. The van der Waals surface area contributed by atoms with Gasteiger partial charge in [-0.05, 0) is 50.9 Å². The number of amides is 3. The fraction of sp³-hybridized carbons (Fsp3) is 0.882. The summed E-state index contributed by atoms with van der Waals surface area (Å²) in [7, 11) is 0. The van der Waals surface area contributed by atoms with Crippen LogP contribution in [0.5, 0.6) is 0 Å². The summed E-state index contributed by atoms with van der Waals surface area (Å²) in [5.74, 6) is 0.760. The number of piperidine rings is 1. The van der Waals surface area contributed by atoms with Crippen molar-refractivity contribution in [1.82, 2.24) is 15.1 Å². The fourth-order valence-corrected chi connectivity index (χ4v) is 4.38. The summed E-state index contributed by atoms with van der Waals surface area (Å²) in [5.41, 5.74) is 0. The number of nitrogens with zero attached hydrogens (tertiary/aromatic N) is 2. The highest BCUT2D eigenvalue weighted by Crippen LogP contribution is 2.35. The molecule has 3 fully saturated rings. The summed E-state index contributed by atoms with van der Waals surface area (Å²) in [6, 6.07) is 0.382. The van der Waals surface area contributed by atoms with Gasteiger partial charge in [0, 0.05) is 25.7 Å². The zero-order chi connectivity index (χ0) is 15.4. The lowest BCUT2D eigenvalue weighted by Gasteiger charge is -2.30. The second-order valence-corrected chi connectivity index (χ2v) is 7.05. The molecule has 0 aromatic rings. The minimum Gasteiger partial charge on any atom is -0.341 e. The molecule has 3 amide bonds. The first-order chi connectivity index (χ1) is 10.8. The van der Waals surface area contributed by atoms with Crippen molar-refractivity contribution in [2.75, 3.05) is 26.2 Å². The minimum absolute atomic E-state index is 0.0280. The van der Waals surface area contributed by atoms with E-state index >= 15 is 0 Å². The lowest BCUT2D eigenvalue weighted by Crippen LogP contribution is -2.49. The maximum absolute atomic E-state index is 12.4. The molecule has 0 aromatic heterocycles. The van der Waals surface area contributed by atoms with E-state index in [0.29, 0.717) is 12.0 Å². The van der Waals surface area contributed by atoms with Gasteiger partial charge in [0.1, 0.15) is 0 Å². The van der Waals surface area contributed by atoms with E-state index in [9.17, 15) is 9.59 Å². The highest BCUT2D eigenvalue weighted by molar-refractivity contribution is 5.84. The molecule has 1 saturated carbocycles. The maximum atomic E-state index is 12.4. The summed E-state index contributed by atoms with van der Waals surface area (Å²) in [5, 5.41) is 2.87. The number of rotatable bonds is 3. The topological polar surface area (TPSA) is 52.7 Å². The van der Waals surface area contributed by atoms with Gasteiger partial charge in [0.05, 0.1) is 6.54 Å². The van der Waals surface area contributed by atoms with Crippen molar-refractivity contribution in [1.29, 1.82) is 0 Å². The van der Waals surface area contributed by atoms with Gasteiger partial charge in [-0.25, -0.2) is 4.79 Å². The van der Waals surface area contributed by atoms with Crippen molar-refractivity contribution in [3.8, 4) is 0 Å². The Balaban J connectivity index is 1.47. The maximum Gasteiger partial charge on any atom is 0.318 e. The average Bonchev–Trinajstić information content (AvgIpc) is 3.23. The molecule has 22 heavy (non-hydrogen) atoms. The molecule has 3 aliphatic rings. The highest BCUT2D eigenvalue weighted by atomic mass is 16.2. The molecule has 5 heteroatoms. The first-order valence-corrected chi connectivity index (χ1v) is 9.08. The standard InChI is InChI=1S/C17H29N3O2/c21-16(19-10-4-1-5-11-19)13-18-17(22)20-12-6-9-15(20)14-7-2-3-8-14/h14-15H,1-13H2,(H,18,22). The van der Waals surface area contributed by atoms with Gasteiger partial charge in [-0.2, -0.15) is 0 Å². The zero-order valence-corrected chi connectivity index (χ0v) is 13.6. The molecule has 2 saturated heterocycles. The lowest BCUT2D eigenvalue weighted by molar-refractivity contribution is -0.130. The van der Waals surface area contributed by atoms with E-state index < -0.39 is 0 Å². The molecule has 5 nitrogen and oxygen atoms in total. The smallest absolute Gasteiger partial charge is 0.318 e. The number of hydrogen-bond donors (Lipinski definition) is 1. The molecular weight excluding hydrogens is 278 g/mol. The average molecular weight is 307 g/mol. The largest absolute Gasteiger partial charge is 0.341 e. The second-order valence-electron chi connectivity index (χ2n) is 7.05.